The molecule has 0 aliphatic carbocycles. The Morgan fingerprint density at radius 2 is 1.77 bits per heavy atom. The summed E-state index contributed by atoms with van der Waals surface area (Å²) in [5.41, 5.74) is 1.20. The zero-order chi connectivity index (χ0) is 15.6. The lowest BCUT2D eigenvalue weighted by Gasteiger charge is -2.13. The van der Waals surface area contributed by atoms with Gasteiger partial charge in [-0.15, -0.1) is 0 Å². The molecule has 112 valence electrons. The number of nitrogens with one attached hydrogen (secondary N) is 1. The molecular formula is C15H13N3O3S. The molecule has 0 aliphatic rings. The third kappa shape index (κ3) is 2.85. The van der Waals surface area contributed by atoms with E-state index in [0.29, 0.717) is 17.0 Å². The monoisotopic (exact) mass is 315 g/mol. The number of hydrogen-bond acceptors (Lipinski definition) is 4. The molecule has 0 fully saturated rings. The Morgan fingerprint density at radius 3 is 2.41 bits per heavy atom. The van der Waals surface area contributed by atoms with Gasteiger partial charge in [0.1, 0.15) is 10.6 Å². The molecule has 0 radical (unpaired) electrons. The highest BCUT2D eigenvalue weighted by atomic mass is 32.2. The predicted molar refractivity (Wildman–Crippen MR) is 81.9 cm³/mol. The van der Waals surface area contributed by atoms with Crippen LogP contribution in [0.3, 0.4) is 0 Å². The van der Waals surface area contributed by atoms with Gasteiger partial charge >= 0.3 is 0 Å². The topological polar surface area (TPSA) is 98.1 Å². The molecule has 0 unspecified atom stereocenters. The highest BCUT2D eigenvalue weighted by Gasteiger charge is 2.20. The van der Waals surface area contributed by atoms with Crippen molar-refractivity contribution in [2.45, 2.75) is 4.90 Å². The number of aromatic amines is 1. The van der Waals surface area contributed by atoms with Gasteiger partial charge in [-0.1, -0.05) is 24.3 Å². The average Bonchev–Trinajstić information content (AvgIpc) is 3.01. The molecule has 6 nitrogen and oxygen atoms in total. The zero-order valence-electron chi connectivity index (χ0n) is 11.4. The van der Waals surface area contributed by atoms with Crippen molar-refractivity contribution < 1.29 is 13.2 Å². The predicted octanol–water partition coefficient (Wildman–Crippen LogP) is 2.52. The van der Waals surface area contributed by atoms with Crippen LogP contribution in [0.1, 0.15) is 0 Å². The minimum absolute atomic E-state index is 0.0801. The van der Waals surface area contributed by atoms with E-state index >= 15 is 0 Å². The van der Waals surface area contributed by atoms with Gasteiger partial charge in [0.25, 0.3) is 0 Å². The molecule has 1 aromatic heterocycles. The van der Waals surface area contributed by atoms with Crippen molar-refractivity contribution in [1.82, 2.24) is 10.2 Å². The van der Waals surface area contributed by atoms with Crippen LogP contribution >= 0.6 is 0 Å². The Labute approximate surface area is 127 Å². The normalized spacial score (nSPS) is 11.3. The molecule has 1 heterocycles. The first kappa shape index (κ1) is 14.3. The summed E-state index contributed by atoms with van der Waals surface area (Å²) in [6, 6.07) is 15.4. The highest BCUT2D eigenvalue weighted by molar-refractivity contribution is 7.89. The molecule has 0 atom stereocenters. The highest BCUT2D eigenvalue weighted by Crippen LogP contribution is 2.37. The van der Waals surface area contributed by atoms with Crippen LogP contribution in [0.5, 0.6) is 11.5 Å². The van der Waals surface area contributed by atoms with Crippen LogP contribution in [0.2, 0.25) is 0 Å². The fraction of sp³-hybridized carbons (Fsp3) is 0. The Kier molecular flexibility index (Phi) is 3.66. The molecule has 7 heteroatoms. The summed E-state index contributed by atoms with van der Waals surface area (Å²) in [6.07, 6.45) is 1.57. The Balaban J connectivity index is 2.20. The van der Waals surface area contributed by atoms with E-state index in [1.165, 1.54) is 6.07 Å². The van der Waals surface area contributed by atoms with E-state index in [0.717, 1.165) is 0 Å². The first-order chi connectivity index (χ1) is 10.6. The molecule has 3 rings (SSSR count). The Bertz CT molecular complexity index is 876. The largest absolute Gasteiger partial charge is 0.455 e. The van der Waals surface area contributed by atoms with E-state index in [1.54, 1.807) is 48.7 Å². The summed E-state index contributed by atoms with van der Waals surface area (Å²) in [5, 5.41) is 12.0. The van der Waals surface area contributed by atoms with Crippen LogP contribution < -0.4 is 9.88 Å². The second-order valence-electron chi connectivity index (χ2n) is 4.56. The molecule has 3 aromatic rings. The van der Waals surface area contributed by atoms with E-state index in [2.05, 4.69) is 10.2 Å². The quantitative estimate of drug-likeness (QED) is 0.773. The van der Waals surface area contributed by atoms with Crippen LogP contribution in [0.4, 0.5) is 0 Å². The van der Waals surface area contributed by atoms with Crippen molar-refractivity contribution in [2.75, 3.05) is 0 Å². The van der Waals surface area contributed by atoms with Crippen molar-refractivity contribution in [2.24, 2.45) is 5.14 Å². The lowest BCUT2D eigenvalue weighted by Crippen LogP contribution is -2.13. The van der Waals surface area contributed by atoms with Gasteiger partial charge in [0, 0.05) is 11.8 Å². The zero-order valence-corrected chi connectivity index (χ0v) is 12.2. The third-order valence-electron chi connectivity index (χ3n) is 3.04. The van der Waals surface area contributed by atoms with Gasteiger partial charge in [-0.25, -0.2) is 13.6 Å². The van der Waals surface area contributed by atoms with Gasteiger partial charge < -0.3 is 4.74 Å². The van der Waals surface area contributed by atoms with Gasteiger partial charge in [0.2, 0.25) is 10.0 Å². The number of para-hydroxylation sites is 2. The third-order valence-corrected chi connectivity index (χ3v) is 3.97. The van der Waals surface area contributed by atoms with Crippen LogP contribution in [0.25, 0.3) is 11.3 Å². The lowest BCUT2D eigenvalue weighted by atomic mass is 10.1. The van der Waals surface area contributed by atoms with E-state index in [-0.39, 0.29) is 10.6 Å². The summed E-state index contributed by atoms with van der Waals surface area (Å²) < 4.78 is 29.5. The molecule has 0 saturated heterocycles. The number of hydrogen-bond donors (Lipinski definition) is 2. The number of rotatable bonds is 4. The van der Waals surface area contributed by atoms with Crippen molar-refractivity contribution >= 4 is 10.0 Å². The number of aromatic nitrogens is 2. The number of H-pyrrole nitrogens is 1. The standard InChI is InChI=1S/C15H13N3O3S/c16-22(19,20)14-8-4-7-12(13-9-10-17-18-13)15(14)21-11-5-2-1-3-6-11/h1-10H,(H,17,18)(H2,16,19,20). The number of nitrogens with two attached hydrogens (primary N) is 1. The second kappa shape index (κ2) is 5.63. The van der Waals surface area contributed by atoms with Crippen LogP contribution in [0, 0.1) is 0 Å². The van der Waals surface area contributed by atoms with E-state index in [4.69, 9.17) is 9.88 Å². The van der Waals surface area contributed by atoms with Gasteiger partial charge in [0.05, 0.1) is 5.69 Å². The Morgan fingerprint density at radius 1 is 1.00 bits per heavy atom. The molecule has 0 spiro atoms. The minimum atomic E-state index is -3.93. The maximum Gasteiger partial charge on any atom is 0.241 e. The van der Waals surface area contributed by atoms with Gasteiger partial charge in [-0.05, 0) is 30.3 Å². The second-order valence-corrected chi connectivity index (χ2v) is 6.09. The maximum absolute atomic E-state index is 11.8. The number of sulfonamides is 1. The first-order valence-corrected chi connectivity index (χ1v) is 7.99. The van der Waals surface area contributed by atoms with E-state index in [1.807, 2.05) is 6.07 Å². The lowest BCUT2D eigenvalue weighted by molar-refractivity contribution is 0.469. The average molecular weight is 315 g/mol. The number of ether oxygens (including phenoxy) is 1. The molecular weight excluding hydrogens is 302 g/mol. The van der Waals surface area contributed by atoms with Crippen LogP contribution in [-0.2, 0) is 10.0 Å². The van der Waals surface area contributed by atoms with Crippen molar-refractivity contribution in [3.05, 3.63) is 60.8 Å². The molecule has 0 amide bonds. The van der Waals surface area contributed by atoms with Crippen LogP contribution in [0.15, 0.2) is 65.7 Å². The number of nitrogens with zero attached hydrogens (tertiary/aromatic N) is 1. The van der Waals surface area contributed by atoms with Crippen molar-refractivity contribution in [3.63, 3.8) is 0 Å². The summed E-state index contributed by atoms with van der Waals surface area (Å²) in [7, 11) is -3.93. The van der Waals surface area contributed by atoms with Crippen molar-refractivity contribution in [1.29, 1.82) is 0 Å². The molecule has 0 aliphatic heterocycles. The van der Waals surface area contributed by atoms with Crippen molar-refractivity contribution in [3.8, 4) is 22.8 Å². The fourth-order valence-electron chi connectivity index (χ4n) is 2.07. The first-order valence-electron chi connectivity index (χ1n) is 6.44. The fourth-order valence-corrected chi connectivity index (χ4v) is 2.75. The molecule has 3 N–H and O–H groups in total. The number of benzene rings is 2. The molecule has 22 heavy (non-hydrogen) atoms. The van der Waals surface area contributed by atoms with Gasteiger partial charge in [0.15, 0.2) is 5.75 Å². The summed E-state index contributed by atoms with van der Waals surface area (Å²) in [4.78, 5) is -0.0801. The summed E-state index contributed by atoms with van der Waals surface area (Å²) >= 11 is 0. The molecule has 2 aromatic carbocycles. The summed E-state index contributed by atoms with van der Waals surface area (Å²) in [6.45, 7) is 0. The SMILES string of the molecule is NS(=O)(=O)c1cccc(-c2ccn[nH]2)c1Oc1ccccc1. The summed E-state index contributed by atoms with van der Waals surface area (Å²) in [5.74, 6) is 0.680. The smallest absolute Gasteiger partial charge is 0.241 e. The van der Waals surface area contributed by atoms with E-state index < -0.39 is 10.0 Å². The van der Waals surface area contributed by atoms with Gasteiger partial charge in [-0.2, -0.15) is 5.10 Å². The van der Waals surface area contributed by atoms with Gasteiger partial charge in [-0.3, -0.25) is 5.10 Å². The van der Waals surface area contributed by atoms with Crippen LogP contribution in [-0.4, -0.2) is 18.6 Å². The molecule has 0 bridgehead atoms. The minimum Gasteiger partial charge on any atom is -0.455 e. The number of primary sulfonamides is 1. The maximum atomic E-state index is 11.8. The molecule has 0 saturated carbocycles. The van der Waals surface area contributed by atoms with E-state index in [9.17, 15) is 8.42 Å². The Hall–Kier alpha value is -2.64.